The zero-order valence-electron chi connectivity index (χ0n) is 12.2. The number of benzene rings is 1. The first-order valence-corrected chi connectivity index (χ1v) is 7.61. The van der Waals surface area contributed by atoms with Crippen molar-refractivity contribution < 1.29 is 8.81 Å². The first kappa shape index (κ1) is 13.6. The predicted molar refractivity (Wildman–Crippen MR) is 79.1 cm³/mol. The Hall–Kier alpha value is -1.35. The molecular weight excluding hydrogens is 253 g/mol. The summed E-state index contributed by atoms with van der Waals surface area (Å²) in [6.07, 6.45) is 3.74. The van der Waals surface area contributed by atoms with Gasteiger partial charge in [-0.25, -0.2) is 4.39 Å². The van der Waals surface area contributed by atoms with Crippen molar-refractivity contribution in [3.8, 4) is 0 Å². The third-order valence-corrected chi connectivity index (χ3v) is 4.31. The van der Waals surface area contributed by atoms with Gasteiger partial charge in [-0.15, -0.1) is 0 Å². The molecule has 0 amide bonds. The fraction of sp³-hybridized carbons (Fsp3) is 0.529. The molecule has 3 heteroatoms. The second-order valence-electron chi connectivity index (χ2n) is 5.96. The maximum Gasteiger partial charge on any atom is 0.134 e. The number of nitrogens with one attached hydrogen (secondary N) is 1. The molecule has 3 rings (SSSR count). The van der Waals surface area contributed by atoms with Gasteiger partial charge < -0.3 is 9.73 Å². The second-order valence-corrected chi connectivity index (χ2v) is 5.96. The van der Waals surface area contributed by atoms with Crippen LogP contribution >= 0.6 is 0 Å². The molecule has 1 N–H and O–H groups in total. The van der Waals surface area contributed by atoms with Crippen LogP contribution in [0.3, 0.4) is 0 Å². The number of fused-ring (bicyclic) bond motifs is 1. The van der Waals surface area contributed by atoms with Gasteiger partial charge in [0.15, 0.2) is 0 Å². The number of furan rings is 1. The predicted octanol–water partition coefficient (Wildman–Crippen LogP) is 4.66. The molecule has 0 aliphatic heterocycles. The summed E-state index contributed by atoms with van der Waals surface area (Å²) in [5, 5.41) is 4.45. The Bertz CT molecular complexity index is 588. The van der Waals surface area contributed by atoms with E-state index in [1.165, 1.54) is 18.9 Å². The van der Waals surface area contributed by atoms with E-state index in [0.717, 1.165) is 35.6 Å². The van der Waals surface area contributed by atoms with Gasteiger partial charge in [0, 0.05) is 5.39 Å². The van der Waals surface area contributed by atoms with E-state index in [1.807, 2.05) is 6.07 Å². The van der Waals surface area contributed by atoms with Crippen molar-refractivity contribution in [1.29, 1.82) is 0 Å². The summed E-state index contributed by atoms with van der Waals surface area (Å²) in [4.78, 5) is 0. The molecule has 2 atom stereocenters. The number of rotatable bonds is 6. The van der Waals surface area contributed by atoms with Crippen LogP contribution in [0.5, 0.6) is 0 Å². The minimum atomic E-state index is -0.210. The summed E-state index contributed by atoms with van der Waals surface area (Å²) < 4.78 is 19.2. The zero-order valence-corrected chi connectivity index (χ0v) is 12.2. The molecule has 1 saturated carbocycles. The summed E-state index contributed by atoms with van der Waals surface area (Å²) in [5.74, 6) is 2.10. The third kappa shape index (κ3) is 2.73. The standard InChI is InChI=1S/C17H22FNO/c1-3-8-19-17(11(2)12-4-5-12)16-10-13-9-14(18)6-7-15(13)20-16/h6-7,9-12,17,19H,3-5,8H2,1-2H3. The van der Waals surface area contributed by atoms with Crippen LogP contribution in [-0.2, 0) is 0 Å². The highest BCUT2D eigenvalue weighted by Crippen LogP contribution is 2.43. The lowest BCUT2D eigenvalue weighted by Crippen LogP contribution is -2.28. The van der Waals surface area contributed by atoms with Gasteiger partial charge in [0.2, 0.25) is 0 Å². The molecule has 1 aromatic carbocycles. The monoisotopic (exact) mass is 275 g/mol. The number of hydrogen-bond acceptors (Lipinski definition) is 2. The van der Waals surface area contributed by atoms with Crippen molar-refractivity contribution in [2.24, 2.45) is 11.8 Å². The first-order chi connectivity index (χ1) is 9.69. The van der Waals surface area contributed by atoms with Crippen LogP contribution in [0.4, 0.5) is 4.39 Å². The highest BCUT2D eigenvalue weighted by molar-refractivity contribution is 5.78. The highest BCUT2D eigenvalue weighted by atomic mass is 19.1. The molecule has 20 heavy (non-hydrogen) atoms. The lowest BCUT2D eigenvalue weighted by Gasteiger charge is -2.23. The van der Waals surface area contributed by atoms with Gasteiger partial charge in [0.05, 0.1) is 6.04 Å². The van der Waals surface area contributed by atoms with E-state index in [-0.39, 0.29) is 11.9 Å². The lowest BCUT2D eigenvalue weighted by atomic mass is 9.94. The fourth-order valence-corrected chi connectivity index (χ4v) is 2.93. The van der Waals surface area contributed by atoms with E-state index in [1.54, 1.807) is 12.1 Å². The minimum absolute atomic E-state index is 0.210. The van der Waals surface area contributed by atoms with Crippen LogP contribution in [0.15, 0.2) is 28.7 Å². The third-order valence-electron chi connectivity index (χ3n) is 4.31. The maximum absolute atomic E-state index is 13.3. The normalized spacial score (nSPS) is 18.4. The molecule has 1 aliphatic carbocycles. The van der Waals surface area contributed by atoms with Crippen molar-refractivity contribution in [1.82, 2.24) is 5.32 Å². The second kappa shape index (κ2) is 5.57. The quantitative estimate of drug-likeness (QED) is 0.829. The molecule has 0 spiro atoms. The largest absolute Gasteiger partial charge is 0.459 e. The first-order valence-electron chi connectivity index (χ1n) is 7.61. The highest BCUT2D eigenvalue weighted by Gasteiger charge is 2.35. The van der Waals surface area contributed by atoms with Crippen LogP contribution in [0, 0.1) is 17.7 Å². The Morgan fingerprint density at radius 3 is 2.85 bits per heavy atom. The molecule has 0 bridgehead atoms. The van der Waals surface area contributed by atoms with Crippen molar-refractivity contribution in [3.05, 3.63) is 35.8 Å². The molecule has 2 aromatic rings. The average molecular weight is 275 g/mol. The van der Waals surface area contributed by atoms with E-state index in [2.05, 4.69) is 19.2 Å². The minimum Gasteiger partial charge on any atom is -0.459 e. The fourth-order valence-electron chi connectivity index (χ4n) is 2.93. The van der Waals surface area contributed by atoms with Crippen LogP contribution in [0.1, 0.15) is 44.9 Å². The molecule has 0 radical (unpaired) electrons. The van der Waals surface area contributed by atoms with Gasteiger partial charge in [-0.3, -0.25) is 0 Å². The zero-order chi connectivity index (χ0) is 14.1. The van der Waals surface area contributed by atoms with E-state index < -0.39 is 0 Å². The van der Waals surface area contributed by atoms with Gasteiger partial charge in [0.25, 0.3) is 0 Å². The molecule has 2 nitrogen and oxygen atoms in total. The molecule has 1 aliphatic rings. The van der Waals surface area contributed by atoms with E-state index in [4.69, 9.17) is 4.42 Å². The SMILES string of the molecule is CCCNC(c1cc2cc(F)ccc2o1)C(C)C1CC1. The molecule has 1 heterocycles. The number of halogens is 1. The maximum atomic E-state index is 13.3. The van der Waals surface area contributed by atoms with Crippen LogP contribution in [0.25, 0.3) is 11.0 Å². The topological polar surface area (TPSA) is 25.2 Å². The van der Waals surface area contributed by atoms with Gasteiger partial charge in [-0.05, 0) is 61.9 Å². The molecule has 0 saturated heterocycles. The average Bonchev–Trinajstić information content (AvgIpc) is 3.20. The summed E-state index contributed by atoms with van der Waals surface area (Å²) >= 11 is 0. The Labute approximate surface area is 119 Å². The van der Waals surface area contributed by atoms with E-state index in [9.17, 15) is 4.39 Å². The molecule has 108 valence electrons. The van der Waals surface area contributed by atoms with Crippen LogP contribution < -0.4 is 5.32 Å². The molecule has 1 aromatic heterocycles. The Morgan fingerprint density at radius 2 is 2.15 bits per heavy atom. The summed E-state index contributed by atoms with van der Waals surface area (Å²) in [6, 6.07) is 6.94. The van der Waals surface area contributed by atoms with Crippen LogP contribution in [-0.4, -0.2) is 6.54 Å². The number of hydrogen-bond donors (Lipinski definition) is 1. The summed E-state index contributed by atoms with van der Waals surface area (Å²) in [7, 11) is 0. The van der Waals surface area contributed by atoms with Gasteiger partial charge in [-0.1, -0.05) is 13.8 Å². The molecule has 2 unspecified atom stereocenters. The summed E-state index contributed by atoms with van der Waals surface area (Å²) in [5.41, 5.74) is 0.771. The molecule has 1 fully saturated rings. The van der Waals surface area contributed by atoms with Crippen molar-refractivity contribution in [2.75, 3.05) is 6.54 Å². The van der Waals surface area contributed by atoms with Crippen molar-refractivity contribution in [3.63, 3.8) is 0 Å². The molecular formula is C17H22FNO. The van der Waals surface area contributed by atoms with Gasteiger partial charge in [0.1, 0.15) is 17.2 Å². The Morgan fingerprint density at radius 1 is 1.35 bits per heavy atom. The summed E-state index contributed by atoms with van der Waals surface area (Å²) in [6.45, 7) is 5.44. The van der Waals surface area contributed by atoms with E-state index in [0.29, 0.717) is 5.92 Å². The van der Waals surface area contributed by atoms with Crippen LogP contribution in [0.2, 0.25) is 0 Å². The Balaban J connectivity index is 1.90. The Kier molecular flexibility index (Phi) is 3.79. The lowest BCUT2D eigenvalue weighted by molar-refractivity contribution is 0.306. The van der Waals surface area contributed by atoms with E-state index >= 15 is 0 Å². The smallest absolute Gasteiger partial charge is 0.134 e. The van der Waals surface area contributed by atoms with Gasteiger partial charge in [-0.2, -0.15) is 0 Å². The van der Waals surface area contributed by atoms with Crippen molar-refractivity contribution in [2.45, 2.75) is 39.2 Å². The van der Waals surface area contributed by atoms with Crippen molar-refractivity contribution >= 4 is 11.0 Å². The van der Waals surface area contributed by atoms with Gasteiger partial charge >= 0.3 is 0 Å².